The second-order valence-corrected chi connectivity index (χ2v) is 7.40. The molecule has 1 amide bonds. The van der Waals surface area contributed by atoms with Gasteiger partial charge in [0.25, 0.3) is 0 Å². The van der Waals surface area contributed by atoms with E-state index in [1.807, 2.05) is 6.07 Å². The van der Waals surface area contributed by atoms with Crippen molar-refractivity contribution in [2.75, 3.05) is 18.1 Å². The van der Waals surface area contributed by atoms with Crippen LogP contribution in [0.2, 0.25) is 10.0 Å². The van der Waals surface area contributed by atoms with E-state index in [1.54, 1.807) is 12.1 Å². The number of nitrogen functional groups attached to an aromatic ring is 1. The molecule has 0 atom stereocenters. The standard InChI is InChI=1S/C15H17Cl2N5OS/c16-11-4-3-9(12(17)7-11)5-6-19-13(23)8-24-15-21-20-14(22(15)18)10-1-2-10/h3-4,7,10H,1-2,5-6,8,18H2,(H,19,23). The first-order valence-corrected chi connectivity index (χ1v) is 9.32. The third kappa shape index (κ3) is 4.34. The van der Waals surface area contributed by atoms with Crippen molar-refractivity contribution in [3.63, 3.8) is 0 Å². The number of hydrogen-bond donors (Lipinski definition) is 2. The molecule has 1 aliphatic carbocycles. The number of nitrogens with two attached hydrogens (primary N) is 1. The van der Waals surface area contributed by atoms with Gasteiger partial charge in [-0.25, -0.2) is 4.68 Å². The van der Waals surface area contributed by atoms with E-state index in [2.05, 4.69) is 15.5 Å². The van der Waals surface area contributed by atoms with Crippen molar-refractivity contribution in [1.82, 2.24) is 20.2 Å². The quantitative estimate of drug-likeness (QED) is 0.565. The van der Waals surface area contributed by atoms with Crippen molar-refractivity contribution in [1.29, 1.82) is 0 Å². The Labute approximate surface area is 154 Å². The first-order chi connectivity index (χ1) is 11.5. The monoisotopic (exact) mass is 385 g/mol. The van der Waals surface area contributed by atoms with Gasteiger partial charge in [-0.15, -0.1) is 10.2 Å². The summed E-state index contributed by atoms with van der Waals surface area (Å²) in [5.41, 5.74) is 0.949. The van der Waals surface area contributed by atoms with E-state index < -0.39 is 0 Å². The number of amides is 1. The summed E-state index contributed by atoms with van der Waals surface area (Å²) >= 11 is 13.2. The summed E-state index contributed by atoms with van der Waals surface area (Å²) in [6.07, 6.45) is 2.85. The van der Waals surface area contributed by atoms with Crippen LogP contribution in [0, 0.1) is 0 Å². The second kappa shape index (κ2) is 7.63. The molecule has 1 aliphatic rings. The summed E-state index contributed by atoms with van der Waals surface area (Å²) in [4.78, 5) is 11.9. The van der Waals surface area contributed by atoms with Crippen LogP contribution in [0.4, 0.5) is 0 Å². The Hall–Kier alpha value is -1.44. The Kier molecular flexibility index (Phi) is 5.53. The van der Waals surface area contributed by atoms with Crippen molar-refractivity contribution in [3.8, 4) is 0 Å². The molecule has 1 aromatic carbocycles. The summed E-state index contributed by atoms with van der Waals surface area (Å²) < 4.78 is 1.49. The second-order valence-electron chi connectivity index (χ2n) is 5.61. The van der Waals surface area contributed by atoms with Gasteiger partial charge >= 0.3 is 0 Å². The normalized spacial score (nSPS) is 13.9. The highest BCUT2D eigenvalue weighted by molar-refractivity contribution is 7.99. The summed E-state index contributed by atoms with van der Waals surface area (Å²) in [5, 5.41) is 12.7. The molecule has 0 radical (unpaired) electrons. The zero-order valence-corrected chi connectivity index (χ0v) is 15.2. The molecule has 1 fully saturated rings. The van der Waals surface area contributed by atoms with Gasteiger partial charge in [-0.05, 0) is 37.0 Å². The Morgan fingerprint density at radius 3 is 2.88 bits per heavy atom. The van der Waals surface area contributed by atoms with Gasteiger partial charge in [0.15, 0.2) is 5.82 Å². The molecule has 0 spiro atoms. The highest BCUT2D eigenvalue weighted by atomic mass is 35.5. The topological polar surface area (TPSA) is 85.8 Å². The maximum Gasteiger partial charge on any atom is 0.230 e. The van der Waals surface area contributed by atoms with Crippen LogP contribution in [0.5, 0.6) is 0 Å². The van der Waals surface area contributed by atoms with Gasteiger partial charge < -0.3 is 11.2 Å². The number of carbonyl (C=O) groups is 1. The largest absolute Gasteiger partial charge is 0.355 e. The fourth-order valence-corrected chi connectivity index (χ4v) is 3.45. The number of halogens is 2. The highest BCUT2D eigenvalue weighted by Gasteiger charge is 2.29. The van der Waals surface area contributed by atoms with Crippen molar-refractivity contribution >= 4 is 40.9 Å². The molecule has 0 saturated heterocycles. The predicted molar refractivity (Wildman–Crippen MR) is 96.0 cm³/mol. The maximum atomic E-state index is 11.9. The molecule has 2 aromatic rings. The van der Waals surface area contributed by atoms with E-state index in [-0.39, 0.29) is 11.7 Å². The smallest absolute Gasteiger partial charge is 0.230 e. The Balaban J connectivity index is 1.42. The van der Waals surface area contributed by atoms with Crippen LogP contribution >= 0.6 is 35.0 Å². The predicted octanol–water partition coefficient (Wildman–Crippen LogP) is 2.63. The van der Waals surface area contributed by atoms with Crippen LogP contribution < -0.4 is 11.2 Å². The third-order valence-corrected chi connectivity index (χ3v) is 5.23. The first-order valence-electron chi connectivity index (χ1n) is 7.58. The highest BCUT2D eigenvalue weighted by Crippen LogP contribution is 2.39. The van der Waals surface area contributed by atoms with Gasteiger partial charge in [0.1, 0.15) is 0 Å². The van der Waals surface area contributed by atoms with Crippen LogP contribution in [0.3, 0.4) is 0 Å². The molecule has 0 aliphatic heterocycles. The van der Waals surface area contributed by atoms with Gasteiger partial charge in [-0.3, -0.25) is 4.79 Å². The van der Waals surface area contributed by atoms with Gasteiger partial charge in [-0.2, -0.15) is 0 Å². The molecule has 0 bridgehead atoms. The lowest BCUT2D eigenvalue weighted by atomic mass is 10.1. The summed E-state index contributed by atoms with van der Waals surface area (Å²) in [6, 6.07) is 5.34. The molecule has 6 nitrogen and oxygen atoms in total. The summed E-state index contributed by atoms with van der Waals surface area (Å²) in [7, 11) is 0. The number of hydrogen-bond acceptors (Lipinski definition) is 5. The molecule has 3 rings (SSSR count). The zero-order chi connectivity index (χ0) is 17.1. The lowest BCUT2D eigenvalue weighted by Gasteiger charge is -2.07. The summed E-state index contributed by atoms with van der Waals surface area (Å²) in [5.74, 6) is 7.34. The maximum absolute atomic E-state index is 11.9. The molecular weight excluding hydrogens is 369 g/mol. The minimum Gasteiger partial charge on any atom is -0.355 e. The lowest BCUT2D eigenvalue weighted by Crippen LogP contribution is -2.27. The molecule has 3 N–H and O–H groups in total. The number of rotatable bonds is 7. The zero-order valence-electron chi connectivity index (χ0n) is 12.8. The number of thioether (sulfide) groups is 1. The Morgan fingerprint density at radius 2 is 2.17 bits per heavy atom. The number of benzene rings is 1. The average molecular weight is 386 g/mol. The van der Waals surface area contributed by atoms with Crippen molar-refractivity contribution < 1.29 is 4.79 Å². The minimum absolute atomic E-state index is 0.0824. The van der Waals surface area contributed by atoms with E-state index in [0.717, 1.165) is 24.2 Å². The average Bonchev–Trinajstić information content (AvgIpc) is 3.31. The van der Waals surface area contributed by atoms with E-state index in [4.69, 9.17) is 29.0 Å². The molecule has 24 heavy (non-hydrogen) atoms. The molecular formula is C15H17Cl2N5OS. The fraction of sp³-hybridized carbons (Fsp3) is 0.400. The molecule has 9 heteroatoms. The van der Waals surface area contributed by atoms with E-state index in [0.29, 0.717) is 34.1 Å². The van der Waals surface area contributed by atoms with Gasteiger partial charge in [0, 0.05) is 22.5 Å². The SMILES string of the molecule is Nn1c(SCC(=O)NCCc2ccc(Cl)cc2Cl)nnc1C1CC1. The number of aromatic nitrogens is 3. The Morgan fingerprint density at radius 1 is 1.38 bits per heavy atom. The van der Waals surface area contributed by atoms with Crippen LogP contribution in [-0.4, -0.2) is 33.1 Å². The minimum atomic E-state index is -0.0824. The molecule has 1 aromatic heterocycles. The fourth-order valence-electron chi connectivity index (χ4n) is 2.25. The molecule has 1 heterocycles. The first kappa shape index (κ1) is 17.4. The van der Waals surface area contributed by atoms with Crippen LogP contribution in [0.1, 0.15) is 30.1 Å². The number of nitrogens with zero attached hydrogens (tertiary/aromatic N) is 3. The molecule has 128 valence electrons. The molecule has 0 unspecified atom stereocenters. The van der Waals surface area contributed by atoms with Crippen molar-refractivity contribution in [3.05, 3.63) is 39.6 Å². The Bertz CT molecular complexity index is 747. The number of nitrogens with one attached hydrogen (secondary N) is 1. The van der Waals surface area contributed by atoms with Crippen molar-refractivity contribution in [2.45, 2.75) is 30.3 Å². The van der Waals surface area contributed by atoms with Gasteiger partial charge in [0.2, 0.25) is 11.1 Å². The van der Waals surface area contributed by atoms with E-state index in [1.165, 1.54) is 16.4 Å². The van der Waals surface area contributed by atoms with Crippen LogP contribution in [0.25, 0.3) is 0 Å². The van der Waals surface area contributed by atoms with Gasteiger partial charge in [-0.1, -0.05) is 41.0 Å². The molecule has 1 saturated carbocycles. The van der Waals surface area contributed by atoms with Crippen LogP contribution in [0.15, 0.2) is 23.4 Å². The third-order valence-electron chi connectivity index (χ3n) is 3.70. The summed E-state index contributed by atoms with van der Waals surface area (Å²) in [6.45, 7) is 0.503. The van der Waals surface area contributed by atoms with Crippen molar-refractivity contribution in [2.24, 2.45) is 0 Å². The number of carbonyl (C=O) groups excluding carboxylic acids is 1. The van der Waals surface area contributed by atoms with E-state index >= 15 is 0 Å². The van der Waals surface area contributed by atoms with Crippen LogP contribution in [-0.2, 0) is 11.2 Å². The lowest BCUT2D eigenvalue weighted by molar-refractivity contribution is -0.118. The van der Waals surface area contributed by atoms with E-state index in [9.17, 15) is 4.79 Å². The van der Waals surface area contributed by atoms with Gasteiger partial charge in [0.05, 0.1) is 5.75 Å².